The zero-order chi connectivity index (χ0) is 13.2. The van der Waals surface area contributed by atoms with Gasteiger partial charge in [-0.25, -0.2) is 0 Å². The molecule has 0 aromatic carbocycles. The highest BCUT2D eigenvalue weighted by Crippen LogP contribution is 2.37. The number of likely N-dealkylation sites (N-methyl/N-ethyl adjacent to an activating group) is 2. The fourth-order valence-corrected chi connectivity index (χ4v) is 2.85. The molecule has 18 heavy (non-hydrogen) atoms. The number of hydrogen-bond donors (Lipinski definition) is 1. The second kappa shape index (κ2) is 5.84. The van der Waals surface area contributed by atoms with Crippen molar-refractivity contribution >= 4 is 0 Å². The molecule has 2 fully saturated rings. The number of aliphatic hydroxyl groups is 1. The van der Waals surface area contributed by atoms with Gasteiger partial charge in [0.05, 0.1) is 19.3 Å². The molecule has 0 aromatic heterocycles. The molecule has 2 unspecified atom stereocenters. The molecule has 5 heteroatoms. The molecule has 1 saturated carbocycles. The summed E-state index contributed by atoms with van der Waals surface area (Å²) in [5, 5.41) is 10.2. The van der Waals surface area contributed by atoms with E-state index in [2.05, 4.69) is 30.9 Å². The van der Waals surface area contributed by atoms with E-state index in [0.29, 0.717) is 13.2 Å². The lowest BCUT2D eigenvalue weighted by Crippen LogP contribution is -2.53. The fraction of sp³-hybridized carbons (Fsp3) is 1.00. The van der Waals surface area contributed by atoms with Crippen LogP contribution < -0.4 is 0 Å². The van der Waals surface area contributed by atoms with Crippen molar-refractivity contribution in [2.75, 3.05) is 47.4 Å². The third-order valence-electron chi connectivity index (χ3n) is 4.06. The minimum atomic E-state index is -0.420. The van der Waals surface area contributed by atoms with E-state index >= 15 is 0 Å². The molecule has 0 bridgehead atoms. The van der Waals surface area contributed by atoms with E-state index in [1.807, 2.05) is 0 Å². The Hall–Kier alpha value is -0.200. The van der Waals surface area contributed by atoms with E-state index < -0.39 is 5.79 Å². The maximum Gasteiger partial charge on any atom is 0.170 e. The molecule has 1 heterocycles. The zero-order valence-corrected chi connectivity index (χ0v) is 11.8. The van der Waals surface area contributed by atoms with Gasteiger partial charge in [0.1, 0.15) is 0 Å². The van der Waals surface area contributed by atoms with Gasteiger partial charge in [-0.15, -0.1) is 0 Å². The summed E-state index contributed by atoms with van der Waals surface area (Å²) in [7, 11) is 6.21. The summed E-state index contributed by atoms with van der Waals surface area (Å²) in [6.45, 7) is 3.31. The summed E-state index contributed by atoms with van der Waals surface area (Å²) in [6.07, 6.45) is 2.08. The molecule has 2 rings (SSSR count). The highest BCUT2D eigenvalue weighted by atomic mass is 16.7. The summed E-state index contributed by atoms with van der Waals surface area (Å²) in [4.78, 5) is 4.39. The molecular formula is C13H26N2O3. The SMILES string of the molecule is CN(C)CCN(C)C1CC2(CCC1O)OCCO2. The van der Waals surface area contributed by atoms with Gasteiger partial charge in [-0.1, -0.05) is 0 Å². The van der Waals surface area contributed by atoms with Crippen molar-refractivity contribution in [2.45, 2.75) is 37.2 Å². The Bertz CT molecular complexity index is 267. The van der Waals surface area contributed by atoms with Crippen LogP contribution in [0.2, 0.25) is 0 Å². The second-order valence-corrected chi connectivity index (χ2v) is 5.77. The average molecular weight is 258 g/mol. The van der Waals surface area contributed by atoms with Crippen LogP contribution in [-0.2, 0) is 9.47 Å². The molecule has 5 nitrogen and oxygen atoms in total. The lowest BCUT2D eigenvalue weighted by atomic mass is 9.86. The summed E-state index contributed by atoms with van der Waals surface area (Å²) >= 11 is 0. The van der Waals surface area contributed by atoms with Crippen LogP contribution in [0.3, 0.4) is 0 Å². The monoisotopic (exact) mass is 258 g/mol. The number of ether oxygens (including phenoxy) is 2. The van der Waals surface area contributed by atoms with Crippen LogP contribution in [0.25, 0.3) is 0 Å². The van der Waals surface area contributed by atoms with Gasteiger partial charge in [0.15, 0.2) is 5.79 Å². The Labute approximate surface area is 110 Å². The summed E-state index contributed by atoms with van der Waals surface area (Å²) in [6, 6.07) is 0.136. The molecule has 106 valence electrons. The van der Waals surface area contributed by atoms with Gasteiger partial charge in [-0.3, -0.25) is 4.90 Å². The van der Waals surface area contributed by atoms with Crippen molar-refractivity contribution in [1.29, 1.82) is 0 Å². The summed E-state index contributed by atoms with van der Waals surface area (Å²) < 4.78 is 11.5. The minimum Gasteiger partial charge on any atom is -0.391 e. The van der Waals surface area contributed by atoms with Crippen LogP contribution in [-0.4, -0.2) is 80.3 Å². The van der Waals surface area contributed by atoms with E-state index in [1.54, 1.807) is 0 Å². The Morgan fingerprint density at radius 3 is 2.44 bits per heavy atom. The highest BCUT2D eigenvalue weighted by Gasteiger charge is 2.45. The molecule has 2 atom stereocenters. The van der Waals surface area contributed by atoms with Gasteiger partial charge in [-0.2, -0.15) is 0 Å². The van der Waals surface area contributed by atoms with Gasteiger partial charge in [0, 0.05) is 32.0 Å². The molecule has 1 aliphatic carbocycles. The standard InChI is InChI=1S/C13H26N2O3/c1-14(2)6-7-15(3)11-10-13(5-4-12(11)16)17-8-9-18-13/h11-12,16H,4-10H2,1-3H3. The third kappa shape index (κ3) is 3.22. The molecule has 0 amide bonds. The normalized spacial score (nSPS) is 31.7. The van der Waals surface area contributed by atoms with E-state index in [1.165, 1.54) is 0 Å². The second-order valence-electron chi connectivity index (χ2n) is 5.77. The van der Waals surface area contributed by atoms with E-state index in [4.69, 9.17) is 9.47 Å². The van der Waals surface area contributed by atoms with Gasteiger partial charge in [0.2, 0.25) is 0 Å². The van der Waals surface area contributed by atoms with E-state index in [0.717, 1.165) is 32.4 Å². The molecule has 0 radical (unpaired) electrons. The third-order valence-corrected chi connectivity index (χ3v) is 4.06. The van der Waals surface area contributed by atoms with E-state index in [9.17, 15) is 5.11 Å². The van der Waals surface area contributed by atoms with Gasteiger partial charge < -0.3 is 19.5 Å². The van der Waals surface area contributed by atoms with Crippen LogP contribution in [0.5, 0.6) is 0 Å². The Kier molecular flexibility index (Phi) is 4.61. The lowest BCUT2D eigenvalue weighted by Gasteiger charge is -2.43. The van der Waals surface area contributed by atoms with Gasteiger partial charge >= 0.3 is 0 Å². The van der Waals surface area contributed by atoms with Crippen molar-refractivity contribution in [3.05, 3.63) is 0 Å². The molecule has 1 saturated heterocycles. The molecule has 1 N–H and O–H groups in total. The highest BCUT2D eigenvalue weighted by molar-refractivity contribution is 4.92. The van der Waals surface area contributed by atoms with Crippen LogP contribution in [0.1, 0.15) is 19.3 Å². The van der Waals surface area contributed by atoms with Crippen molar-refractivity contribution in [3.63, 3.8) is 0 Å². The summed E-state index contributed by atoms with van der Waals surface area (Å²) in [5.41, 5.74) is 0. The Morgan fingerprint density at radius 2 is 1.83 bits per heavy atom. The van der Waals surface area contributed by atoms with Crippen molar-refractivity contribution in [1.82, 2.24) is 9.80 Å². The smallest absolute Gasteiger partial charge is 0.170 e. The summed E-state index contributed by atoms with van der Waals surface area (Å²) in [5.74, 6) is -0.420. The van der Waals surface area contributed by atoms with Gasteiger partial charge in [0.25, 0.3) is 0 Å². The maximum atomic E-state index is 10.2. The first-order valence-electron chi connectivity index (χ1n) is 6.83. The molecule has 2 aliphatic rings. The first-order chi connectivity index (χ1) is 8.52. The quantitative estimate of drug-likeness (QED) is 0.777. The Balaban J connectivity index is 1.92. The van der Waals surface area contributed by atoms with Crippen molar-refractivity contribution in [3.8, 4) is 0 Å². The predicted octanol–water partition coefficient (Wildman–Crippen LogP) is 0.136. The zero-order valence-electron chi connectivity index (χ0n) is 11.8. The van der Waals surface area contributed by atoms with Crippen LogP contribution >= 0.6 is 0 Å². The van der Waals surface area contributed by atoms with Crippen LogP contribution in [0.15, 0.2) is 0 Å². The Morgan fingerprint density at radius 1 is 1.17 bits per heavy atom. The number of aliphatic hydroxyl groups excluding tert-OH is 1. The average Bonchev–Trinajstić information content (AvgIpc) is 2.78. The first-order valence-corrected chi connectivity index (χ1v) is 6.83. The lowest BCUT2D eigenvalue weighted by molar-refractivity contribution is -0.203. The first kappa shape index (κ1) is 14.2. The number of hydrogen-bond acceptors (Lipinski definition) is 5. The topological polar surface area (TPSA) is 45.2 Å². The van der Waals surface area contributed by atoms with E-state index in [-0.39, 0.29) is 12.1 Å². The van der Waals surface area contributed by atoms with Crippen molar-refractivity contribution < 1.29 is 14.6 Å². The number of nitrogens with zero attached hydrogens (tertiary/aromatic N) is 2. The molecule has 1 aliphatic heterocycles. The molecule has 1 spiro atoms. The molecular weight excluding hydrogens is 232 g/mol. The fourth-order valence-electron chi connectivity index (χ4n) is 2.85. The molecule has 0 aromatic rings. The van der Waals surface area contributed by atoms with Crippen LogP contribution in [0.4, 0.5) is 0 Å². The predicted molar refractivity (Wildman–Crippen MR) is 69.5 cm³/mol. The van der Waals surface area contributed by atoms with Crippen LogP contribution in [0, 0.1) is 0 Å². The van der Waals surface area contributed by atoms with Crippen molar-refractivity contribution in [2.24, 2.45) is 0 Å². The number of rotatable bonds is 4. The largest absolute Gasteiger partial charge is 0.391 e. The van der Waals surface area contributed by atoms with Gasteiger partial charge in [-0.05, 0) is 27.6 Å². The minimum absolute atomic E-state index is 0.136. The maximum absolute atomic E-state index is 10.2.